The van der Waals surface area contributed by atoms with Gasteiger partial charge in [0.25, 0.3) is 0 Å². The lowest BCUT2D eigenvalue weighted by Crippen LogP contribution is -2.21. The van der Waals surface area contributed by atoms with Crippen LogP contribution in [0.2, 0.25) is 0 Å². The number of halogens is 3. The maximum atomic E-state index is 10.9. The molecule has 0 aliphatic heterocycles. The molecule has 15 heteroatoms. The van der Waals surface area contributed by atoms with Gasteiger partial charge in [-0.05, 0) is 38.0 Å². The lowest BCUT2D eigenvalue weighted by Gasteiger charge is -2.13. The number of nitrogen functional groups attached to an aromatic ring is 1. The number of aliphatic carboxylic acids is 1. The molecule has 3 heterocycles. The molecule has 0 fully saturated rings. The molecule has 4 rings (SSSR count). The number of nitrogens with two attached hydrogens (primary N) is 1. The standard InChI is InChI=1S/C22H24N8O2.C2HF3O2/c1-13-5-4-6-16(15(13)3)17-11-20-26-14(2)12-29(20)22(27-17)25-10-9-24-19-8-7-18(30(31)32)21(23)28-19;3-2(4,5)1(6)7/h4-8,11-12H,9-10H2,1-3H3,(H,25,27)(H3,23,24,28);(H,6,7). The molecule has 3 aromatic heterocycles. The second-order valence-corrected chi connectivity index (χ2v) is 8.34. The number of fused-ring (bicyclic) bond motifs is 1. The Hall–Kier alpha value is -4.95. The van der Waals surface area contributed by atoms with Gasteiger partial charge in [-0.15, -0.1) is 0 Å². The van der Waals surface area contributed by atoms with Crippen LogP contribution in [0.1, 0.15) is 16.8 Å². The van der Waals surface area contributed by atoms with Crippen molar-refractivity contribution in [3.05, 3.63) is 69.5 Å². The Balaban J connectivity index is 0.000000532. The predicted molar refractivity (Wildman–Crippen MR) is 139 cm³/mol. The van der Waals surface area contributed by atoms with Crippen LogP contribution in [0.4, 0.5) is 36.4 Å². The van der Waals surface area contributed by atoms with Crippen LogP contribution in [0.15, 0.2) is 42.6 Å². The van der Waals surface area contributed by atoms with E-state index < -0.39 is 17.1 Å². The van der Waals surface area contributed by atoms with Gasteiger partial charge in [-0.3, -0.25) is 14.5 Å². The number of anilines is 3. The molecule has 0 amide bonds. The van der Waals surface area contributed by atoms with Crippen LogP contribution in [-0.4, -0.2) is 54.6 Å². The number of alkyl halides is 3. The minimum absolute atomic E-state index is 0.119. The SMILES string of the molecule is Cc1cn2c(NCCNc3ccc([N+](=O)[O-])c(N)n3)nc(-c3cccc(C)c3C)cc2n1.O=C(O)C(F)(F)F. The van der Waals surface area contributed by atoms with Crippen molar-refractivity contribution >= 4 is 34.9 Å². The third kappa shape index (κ3) is 7.09. The Kier molecular flexibility index (Phi) is 8.53. The zero-order valence-corrected chi connectivity index (χ0v) is 21.1. The number of nitro groups is 1. The summed E-state index contributed by atoms with van der Waals surface area (Å²) in [7, 11) is 0. The lowest BCUT2D eigenvalue weighted by atomic mass is 10.0. The first-order chi connectivity index (χ1) is 18.3. The van der Waals surface area contributed by atoms with Crippen LogP contribution in [0.25, 0.3) is 16.9 Å². The van der Waals surface area contributed by atoms with Gasteiger partial charge in [0.2, 0.25) is 11.8 Å². The highest BCUT2D eigenvalue weighted by atomic mass is 19.4. The Morgan fingerprint density at radius 2 is 1.77 bits per heavy atom. The number of nitrogens with one attached hydrogen (secondary N) is 2. The molecule has 4 aromatic rings. The summed E-state index contributed by atoms with van der Waals surface area (Å²) in [4.78, 5) is 32.7. The summed E-state index contributed by atoms with van der Waals surface area (Å²) in [6, 6.07) is 11.0. The third-order valence-corrected chi connectivity index (χ3v) is 5.51. The number of rotatable bonds is 7. The van der Waals surface area contributed by atoms with Gasteiger partial charge in [0, 0.05) is 37.0 Å². The number of hydrogen-bond donors (Lipinski definition) is 4. The maximum absolute atomic E-state index is 10.9. The fourth-order valence-corrected chi connectivity index (χ4v) is 3.49. The van der Waals surface area contributed by atoms with Crippen molar-refractivity contribution in [1.82, 2.24) is 19.4 Å². The Morgan fingerprint density at radius 3 is 2.38 bits per heavy atom. The topological polar surface area (TPSA) is 174 Å². The van der Waals surface area contributed by atoms with Crippen LogP contribution in [-0.2, 0) is 4.79 Å². The van der Waals surface area contributed by atoms with Gasteiger partial charge in [0.05, 0.1) is 16.3 Å². The van der Waals surface area contributed by atoms with Gasteiger partial charge in [-0.2, -0.15) is 13.2 Å². The van der Waals surface area contributed by atoms with Crippen LogP contribution >= 0.6 is 0 Å². The van der Waals surface area contributed by atoms with E-state index in [9.17, 15) is 23.3 Å². The molecule has 0 unspecified atom stereocenters. The van der Waals surface area contributed by atoms with Gasteiger partial charge in [-0.1, -0.05) is 18.2 Å². The molecule has 0 saturated carbocycles. The number of carboxylic acid groups (broad SMARTS) is 1. The number of pyridine rings is 1. The summed E-state index contributed by atoms with van der Waals surface area (Å²) in [5.41, 5.74) is 11.5. The fraction of sp³-hybridized carbons (Fsp3) is 0.250. The molecule has 1 aromatic carbocycles. The van der Waals surface area contributed by atoms with Crippen molar-refractivity contribution in [2.45, 2.75) is 26.9 Å². The van der Waals surface area contributed by atoms with Crippen LogP contribution < -0.4 is 16.4 Å². The normalized spacial score (nSPS) is 11.0. The average Bonchev–Trinajstić information content (AvgIpc) is 3.23. The molecule has 0 saturated heterocycles. The molecule has 0 aliphatic rings. The molecule has 0 spiro atoms. The van der Waals surface area contributed by atoms with Crippen molar-refractivity contribution in [1.29, 1.82) is 0 Å². The monoisotopic (exact) mass is 546 g/mol. The lowest BCUT2D eigenvalue weighted by molar-refractivity contribution is -0.384. The van der Waals surface area contributed by atoms with E-state index in [1.54, 1.807) is 0 Å². The first-order valence-electron chi connectivity index (χ1n) is 11.4. The highest BCUT2D eigenvalue weighted by molar-refractivity contribution is 5.73. The van der Waals surface area contributed by atoms with Crippen molar-refractivity contribution in [2.75, 3.05) is 29.5 Å². The molecule has 39 heavy (non-hydrogen) atoms. The largest absolute Gasteiger partial charge is 0.490 e. The number of aromatic nitrogens is 4. The van der Waals surface area contributed by atoms with E-state index in [-0.39, 0.29) is 11.5 Å². The van der Waals surface area contributed by atoms with E-state index in [2.05, 4.69) is 46.6 Å². The van der Waals surface area contributed by atoms with Gasteiger partial charge in [0.15, 0.2) is 0 Å². The zero-order valence-electron chi connectivity index (χ0n) is 21.1. The minimum Gasteiger partial charge on any atom is -0.475 e. The number of imidazole rings is 1. The Bertz CT molecular complexity index is 1520. The van der Waals surface area contributed by atoms with Crippen molar-refractivity contribution in [2.24, 2.45) is 0 Å². The minimum atomic E-state index is -5.08. The molecular weight excluding hydrogens is 521 g/mol. The number of hydrogen-bond acceptors (Lipinski definition) is 9. The highest BCUT2D eigenvalue weighted by Crippen LogP contribution is 2.27. The number of carboxylic acids is 1. The van der Waals surface area contributed by atoms with Crippen molar-refractivity contribution in [3.63, 3.8) is 0 Å². The third-order valence-electron chi connectivity index (χ3n) is 5.51. The van der Waals surface area contributed by atoms with E-state index in [0.717, 1.165) is 22.6 Å². The molecule has 206 valence electrons. The van der Waals surface area contributed by atoms with E-state index in [4.69, 9.17) is 20.6 Å². The van der Waals surface area contributed by atoms with Crippen LogP contribution in [0.5, 0.6) is 0 Å². The second kappa shape index (κ2) is 11.6. The first-order valence-corrected chi connectivity index (χ1v) is 11.4. The Labute approximate surface area is 219 Å². The van der Waals surface area contributed by atoms with E-state index in [1.165, 1.54) is 23.3 Å². The second-order valence-electron chi connectivity index (χ2n) is 8.34. The average molecular weight is 547 g/mol. The number of aryl methyl sites for hydroxylation is 2. The number of nitrogens with zero attached hydrogens (tertiary/aromatic N) is 5. The quantitative estimate of drug-likeness (QED) is 0.148. The van der Waals surface area contributed by atoms with Crippen LogP contribution in [0, 0.1) is 30.9 Å². The van der Waals surface area contributed by atoms with E-state index in [0.29, 0.717) is 24.9 Å². The number of carbonyl (C=O) groups is 1. The smallest absolute Gasteiger partial charge is 0.475 e. The van der Waals surface area contributed by atoms with E-state index in [1.807, 2.05) is 29.7 Å². The van der Waals surface area contributed by atoms with Gasteiger partial charge >= 0.3 is 17.8 Å². The summed E-state index contributed by atoms with van der Waals surface area (Å²) >= 11 is 0. The molecule has 0 aliphatic carbocycles. The number of benzene rings is 1. The fourth-order valence-electron chi connectivity index (χ4n) is 3.49. The molecule has 12 nitrogen and oxygen atoms in total. The summed E-state index contributed by atoms with van der Waals surface area (Å²) in [5, 5.41) is 24.4. The van der Waals surface area contributed by atoms with Crippen LogP contribution in [0.3, 0.4) is 0 Å². The summed E-state index contributed by atoms with van der Waals surface area (Å²) in [6.45, 7) is 7.16. The molecular formula is C24H25F3N8O4. The summed E-state index contributed by atoms with van der Waals surface area (Å²) < 4.78 is 33.7. The summed E-state index contributed by atoms with van der Waals surface area (Å²) in [6.07, 6.45) is -3.15. The summed E-state index contributed by atoms with van der Waals surface area (Å²) in [5.74, 6) is -1.73. The van der Waals surface area contributed by atoms with Crippen molar-refractivity contribution < 1.29 is 28.0 Å². The zero-order chi connectivity index (χ0) is 28.9. The Morgan fingerprint density at radius 1 is 1.10 bits per heavy atom. The highest BCUT2D eigenvalue weighted by Gasteiger charge is 2.38. The van der Waals surface area contributed by atoms with Crippen molar-refractivity contribution in [3.8, 4) is 11.3 Å². The predicted octanol–water partition coefficient (Wildman–Crippen LogP) is 4.36. The maximum Gasteiger partial charge on any atom is 0.490 e. The van der Waals surface area contributed by atoms with Gasteiger partial charge in [0.1, 0.15) is 11.5 Å². The molecule has 0 radical (unpaired) electrons. The van der Waals surface area contributed by atoms with Gasteiger partial charge < -0.3 is 21.5 Å². The molecule has 0 atom stereocenters. The van der Waals surface area contributed by atoms with Gasteiger partial charge in [-0.25, -0.2) is 19.7 Å². The first kappa shape index (κ1) is 28.6. The molecule has 0 bridgehead atoms. The van der Waals surface area contributed by atoms with E-state index >= 15 is 0 Å². The molecule has 5 N–H and O–H groups in total.